The van der Waals surface area contributed by atoms with Gasteiger partial charge in [0.05, 0.1) is 5.41 Å². The predicted octanol–water partition coefficient (Wildman–Crippen LogP) is 1.27. The second kappa shape index (κ2) is 4.67. The Bertz CT molecular complexity index is 155. The molecular weight excluding hydrogens is 178 g/mol. The lowest BCUT2D eigenvalue weighted by molar-refractivity contribution is -0.150. The topological polar surface area (TPSA) is 49.3 Å². The van der Waals surface area contributed by atoms with Gasteiger partial charge in [-0.25, -0.2) is 0 Å². The molecule has 0 aromatic carbocycles. The highest BCUT2D eigenvalue weighted by Crippen LogP contribution is 2.32. The molecule has 0 atom stereocenters. The zero-order chi connectivity index (χ0) is 8.32. The molecular formula is C8H16ClNO2. The Kier molecular flexibility index (Phi) is 4.57. The normalized spacial score (nSPS) is 21.1. The summed E-state index contributed by atoms with van der Waals surface area (Å²) < 4.78 is 0. The van der Waals surface area contributed by atoms with Gasteiger partial charge < -0.3 is 10.4 Å². The molecule has 2 N–H and O–H groups in total. The van der Waals surface area contributed by atoms with Gasteiger partial charge in [-0.15, -0.1) is 12.4 Å². The van der Waals surface area contributed by atoms with Crippen molar-refractivity contribution in [2.24, 2.45) is 5.41 Å². The summed E-state index contributed by atoms with van der Waals surface area (Å²) >= 11 is 0. The number of hydrogen-bond acceptors (Lipinski definition) is 2. The number of nitrogens with one attached hydrogen (secondary N) is 1. The number of carbonyl (C=O) groups is 1. The van der Waals surface area contributed by atoms with Crippen molar-refractivity contribution < 1.29 is 9.90 Å². The fourth-order valence-electron chi connectivity index (χ4n) is 1.62. The van der Waals surface area contributed by atoms with Crippen LogP contribution in [0.1, 0.15) is 26.2 Å². The molecule has 1 aliphatic heterocycles. The maximum absolute atomic E-state index is 10.9. The fourth-order valence-corrected chi connectivity index (χ4v) is 1.62. The molecule has 0 aromatic rings. The van der Waals surface area contributed by atoms with E-state index in [1.165, 1.54) is 0 Å². The molecule has 1 heterocycles. The van der Waals surface area contributed by atoms with Crippen LogP contribution in [-0.4, -0.2) is 24.2 Å². The van der Waals surface area contributed by atoms with E-state index in [1.807, 2.05) is 6.92 Å². The molecule has 1 fully saturated rings. The van der Waals surface area contributed by atoms with Crippen molar-refractivity contribution in [1.29, 1.82) is 0 Å². The number of halogens is 1. The van der Waals surface area contributed by atoms with Gasteiger partial charge >= 0.3 is 5.97 Å². The Balaban J connectivity index is 0.00000121. The lowest BCUT2D eigenvalue weighted by Crippen LogP contribution is -2.41. The minimum Gasteiger partial charge on any atom is -0.481 e. The number of hydrogen-bond donors (Lipinski definition) is 2. The van der Waals surface area contributed by atoms with Crippen molar-refractivity contribution in [3.8, 4) is 0 Å². The molecule has 0 amide bonds. The maximum atomic E-state index is 10.9. The lowest BCUT2D eigenvalue weighted by Gasteiger charge is -2.32. The van der Waals surface area contributed by atoms with Crippen molar-refractivity contribution >= 4 is 18.4 Å². The van der Waals surface area contributed by atoms with Crippen LogP contribution >= 0.6 is 12.4 Å². The highest BCUT2D eigenvalue weighted by Gasteiger charge is 2.37. The minimum absolute atomic E-state index is 0. The zero-order valence-electron chi connectivity index (χ0n) is 7.30. The van der Waals surface area contributed by atoms with Crippen molar-refractivity contribution in [1.82, 2.24) is 5.32 Å². The number of carboxylic acid groups (broad SMARTS) is 1. The summed E-state index contributed by atoms with van der Waals surface area (Å²) in [5, 5.41) is 12.1. The summed E-state index contributed by atoms with van der Waals surface area (Å²) in [6.07, 6.45) is 2.31. The predicted molar refractivity (Wildman–Crippen MR) is 49.7 cm³/mol. The Morgan fingerprint density at radius 1 is 1.50 bits per heavy atom. The first-order valence-electron chi connectivity index (χ1n) is 4.15. The first-order chi connectivity index (χ1) is 5.21. The highest BCUT2D eigenvalue weighted by molar-refractivity contribution is 5.85. The summed E-state index contributed by atoms with van der Waals surface area (Å²) in [5.41, 5.74) is -0.425. The van der Waals surface area contributed by atoms with E-state index in [0.29, 0.717) is 0 Å². The molecule has 4 heteroatoms. The molecule has 0 bridgehead atoms. The van der Waals surface area contributed by atoms with Crippen LogP contribution in [0.25, 0.3) is 0 Å². The first-order valence-corrected chi connectivity index (χ1v) is 4.15. The molecule has 0 aliphatic carbocycles. The largest absolute Gasteiger partial charge is 0.481 e. The van der Waals surface area contributed by atoms with Crippen LogP contribution in [0, 0.1) is 5.41 Å². The smallest absolute Gasteiger partial charge is 0.309 e. The van der Waals surface area contributed by atoms with E-state index in [1.54, 1.807) is 0 Å². The second-order valence-corrected chi connectivity index (χ2v) is 3.19. The third-order valence-corrected chi connectivity index (χ3v) is 2.69. The van der Waals surface area contributed by atoms with Gasteiger partial charge in [-0.1, -0.05) is 6.92 Å². The quantitative estimate of drug-likeness (QED) is 0.695. The molecule has 3 nitrogen and oxygen atoms in total. The van der Waals surface area contributed by atoms with Crippen LogP contribution in [0.2, 0.25) is 0 Å². The van der Waals surface area contributed by atoms with E-state index in [-0.39, 0.29) is 12.4 Å². The van der Waals surface area contributed by atoms with Gasteiger partial charge in [0.1, 0.15) is 0 Å². The molecule has 0 saturated carbocycles. The van der Waals surface area contributed by atoms with Crippen LogP contribution in [0.15, 0.2) is 0 Å². The number of piperidine rings is 1. The highest BCUT2D eigenvalue weighted by atomic mass is 35.5. The second-order valence-electron chi connectivity index (χ2n) is 3.19. The van der Waals surface area contributed by atoms with Gasteiger partial charge in [-0.3, -0.25) is 4.79 Å². The minimum atomic E-state index is -0.624. The SMILES string of the molecule is CCC1(C(=O)O)CCNCC1.Cl. The fraction of sp³-hybridized carbons (Fsp3) is 0.875. The van der Waals surface area contributed by atoms with Gasteiger partial charge in [0.25, 0.3) is 0 Å². The average molecular weight is 194 g/mol. The lowest BCUT2D eigenvalue weighted by atomic mass is 9.77. The summed E-state index contributed by atoms with van der Waals surface area (Å²) in [5.74, 6) is -0.624. The first kappa shape index (κ1) is 11.7. The molecule has 0 unspecified atom stereocenters. The van der Waals surface area contributed by atoms with Crippen molar-refractivity contribution in [2.45, 2.75) is 26.2 Å². The van der Waals surface area contributed by atoms with Crippen LogP contribution < -0.4 is 5.32 Å². The van der Waals surface area contributed by atoms with Gasteiger partial charge in [-0.05, 0) is 32.4 Å². The Labute approximate surface area is 78.9 Å². The summed E-state index contributed by atoms with van der Waals surface area (Å²) in [4.78, 5) is 10.9. The molecule has 0 radical (unpaired) electrons. The van der Waals surface area contributed by atoms with E-state index in [0.717, 1.165) is 32.4 Å². The molecule has 1 rings (SSSR count). The van der Waals surface area contributed by atoms with Gasteiger partial charge in [0, 0.05) is 0 Å². The third-order valence-electron chi connectivity index (χ3n) is 2.69. The van der Waals surface area contributed by atoms with E-state index in [4.69, 9.17) is 5.11 Å². The monoisotopic (exact) mass is 193 g/mol. The van der Waals surface area contributed by atoms with Crippen molar-refractivity contribution in [3.63, 3.8) is 0 Å². The zero-order valence-corrected chi connectivity index (χ0v) is 8.12. The van der Waals surface area contributed by atoms with Crippen LogP contribution in [-0.2, 0) is 4.79 Å². The Morgan fingerprint density at radius 3 is 2.25 bits per heavy atom. The van der Waals surface area contributed by atoms with Crippen molar-refractivity contribution in [2.75, 3.05) is 13.1 Å². The molecule has 72 valence electrons. The van der Waals surface area contributed by atoms with Gasteiger partial charge in [0.15, 0.2) is 0 Å². The molecule has 12 heavy (non-hydrogen) atoms. The van der Waals surface area contributed by atoms with E-state index < -0.39 is 11.4 Å². The summed E-state index contributed by atoms with van der Waals surface area (Å²) in [7, 11) is 0. The van der Waals surface area contributed by atoms with Crippen LogP contribution in [0.3, 0.4) is 0 Å². The summed E-state index contributed by atoms with van der Waals surface area (Å²) in [6.45, 7) is 3.65. The number of carboxylic acids is 1. The van der Waals surface area contributed by atoms with E-state index in [2.05, 4.69) is 5.32 Å². The average Bonchev–Trinajstić information content (AvgIpc) is 2.05. The molecule has 1 aliphatic rings. The van der Waals surface area contributed by atoms with E-state index >= 15 is 0 Å². The number of rotatable bonds is 2. The molecule has 1 saturated heterocycles. The standard InChI is InChI=1S/C8H15NO2.ClH/c1-2-8(7(10)11)3-5-9-6-4-8;/h9H,2-6H2,1H3,(H,10,11);1H. The molecule has 0 aromatic heterocycles. The third kappa shape index (κ3) is 2.11. The van der Waals surface area contributed by atoms with Crippen LogP contribution in [0.5, 0.6) is 0 Å². The van der Waals surface area contributed by atoms with Gasteiger partial charge in [-0.2, -0.15) is 0 Å². The van der Waals surface area contributed by atoms with Crippen LogP contribution in [0.4, 0.5) is 0 Å². The van der Waals surface area contributed by atoms with Crippen molar-refractivity contribution in [3.05, 3.63) is 0 Å². The van der Waals surface area contributed by atoms with E-state index in [9.17, 15) is 4.79 Å². The van der Waals surface area contributed by atoms with Gasteiger partial charge in [0.2, 0.25) is 0 Å². The summed E-state index contributed by atoms with van der Waals surface area (Å²) in [6, 6.07) is 0. The maximum Gasteiger partial charge on any atom is 0.309 e. The number of aliphatic carboxylic acids is 1. The Hall–Kier alpha value is -0.280. The molecule has 0 spiro atoms. The Morgan fingerprint density at radius 2 is 2.00 bits per heavy atom.